The molecule has 0 aliphatic rings. The van der Waals surface area contributed by atoms with E-state index in [0.29, 0.717) is 47.4 Å². The van der Waals surface area contributed by atoms with Crippen molar-refractivity contribution >= 4 is 27.5 Å². The van der Waals surface area contributed by atoms with E-state index in [1.54, 1.807) is 12.1 Å². The predicted molar refractivity (Wildman–Crippen MR) is 120 cm³/mol. The van der Waals surface area contributed by atoms with Crippen molar-refractivity contribution in [3.8, 4) is 17.2 Å². The largest absolute Gasteiger partial charge is 0.490 e. The number of aromatic nitrogens is 1. The number of fused-ring (bicyclic) bond motifs is 1. The number of nitrogens with zero attached hydrogens (tertiary/aromatic N) is 2. The molecule has 3 aromatic rings. The van der Waals surface area contributed by atoms with Crippen LogP contribution in [0.25, 0.3) is 10.2 Å². The van der Waals surface area contributed by atoms with Crippen LogP contribution < -0.4 is 19.0 Å². The Bertz CT molecular complexity index is 1060. The zero-order chi connectivity index (χ0) is 21.5. The standard InChI is InChI=1S/C23H28N2O4S/c1-5-13-25-17-11-9-10-12-20(17)30-23(25)24-22(26)16-14-18(27-6-2)21(29-8-4)19(15-16)28-7-3/h9-12,14-15H,5-8,13H2,1-4H3. The molecule has 3 rings (SSSR count). The third kappa shape index (κ3) is 4.67. The maximum Gasteiger partial charge on any atom is 0.279 e. The summed E-state index contributed by atoms with van der Waals surface area (Å²) in [7, 11) is 0. The fraction of sp³-hybridized carbons (Fsp3) is 0.391. The van der Waals surface area contributed by atoms with Gasteiger partial charge in [-0.25, -0.2) is 0 Å². The molecule has 0 aliphatic carbocycles. The van der Waals surface area contributed by atoms with E-state index < -0.39 is 0 Å². The lowest BCUT2D eigenvalue weighted by atomic mass is 10.1. The van der Waals surface area contributed by atoms with Gasteiger partial charge in [0.15, 0.2) is 16.3 Å². The first-order chi connectivity index (χ1) is 14.6. The van der Waals surface area contributed by atoms with Crippen molar-refractivity contribution in [2.24, 2.45) is 4.99 Å². The first kappa shape index (κ1) is 21.9. The molecule has 6 nitrogen and oxygen atoms in total. The van der Waals surface area contributed by atoms with Crippen LogP contribution in [0.5, 0.6) is 17.2 Å². The lowest BCUT2D eigenvalue weighted by Gasteiger charge is -2.16. The minimum Gasteiger partial charge on any atom is -0.490 e. The van der Waals surface area contributed by atoms with Crippen LogP contribution in [-0.4, -0.2) is 30.3 Å². The first-order valence-electron chi connectivity index (χ1n) is 10.4. The summed E-state index contributed by atoms with van der Waals surface area (Å²) in [6, 6.07) is 11.5. The second-order valence-electron chi connectivity index (χ2n) is 6.52. The number of rotatable bonds is 9. The van der Waals surface area contributed by atoms with Crippen molar-refractivity contribution < 1.29 is 19.0 Å². The topological polar surface area (TPSA) is 62.1 Å². The highest BCUT2D eigenvalue weighted by molar-refractivity contribution is 7.16. The van der Waals surface area contributed by atoms with E-state index in [2.05, 4.69) is 22.5 Å². The monoisotopic (exact) mass is 428 g/mol. The van der Waals surface area contributed by atoms with Gasteiger partial charge in [-0.1, -0.05) is 30.4 Å². The molecule has 0 aliphatic heterocycles. The van der Waals surface area contributed by atoms with Crippen LogP contribution in [0, 0.1) is 0 Å². The number of hydrogen-bond donors (Lipinski definition) is 0. The van der Waals surface area contributed by atoms with Crippen LogP contribution in [0.3, 0.4) is 0 Å². The number of benzene rings is 2. The molecule has 0 atom stereocenters. The van der Waals surface area contributed by atoms with E-state index >= 15 is 0 Å². The van der Waals surface area contributed by atoms with E-state index in [9.17, 15) is 4.79 Å². The summed E-state index contributed by atoms with van der Waals surface area (Å²) in [6.45, 7) is 9.96. The molecule has 0 unspecified atom stereocenters. The Labute approximate surface area is 180 Å². The second kappa shape index (κ2) is 10.3. The summed E-state index contributed by atoms with van der Waals surface area (Å²) in [4.78, 5) is 18.2. The van der Waals surface area contributed by atoms with Gasteiger partial charge in [-0.05, 0) is 51.5 Å². The summed E-state index contributed by atoms with van der Waals surface area (Å²) in [5, 5.41) is 0. The second-order valence-corrected chi connectivity index (χ2v) is 7.53. The van der Waals surface area contributed by atoms with Gasteiger partial charge in [-0.2, -0.15) is 4.99 Å². The number of thiazole rings is 1. The van der Waals surface area contributed by atoms with Gasteiger partial charge in [0.25, 0.3) is 5.91 Å². The molecule has 1 amide bonds. The third-order valence-corrected chi connectivity index (χ3v) is 5.45. The van der Waals surface area contributed by atoms with Crippen molar-refractivity contribution in [1.29, 1.82) is 0 Å². The Balaban J connectivity index is 2.10. The molecule has 7 heteroatoms. The summed E-state index contributed by atoms with van der Waals surface area (Å²) in [5.74, 6) is 1.15. The number of para-hydroxylation sites is 1. The zero-order valence-electron chi connectivity index (χ0n) is 17.9. The van der Waals surface area contributed by atoms with Crippen LogP contribution in [0.1, 0.15) is 44.5 Å². The molecule has 1 heterocycles. The Morgan fingerprint density at radius 3 is 2.20 bits per heavy atom. The van der Waals surface area contributed by atoms with E-state index in [-0.39, 0.29) is 5.91 Å². The lowest BCUT2D eigenvalue weighted by Crippen LogP contribution is -2.17. The smallest absolute Gasteiger partial charge is 0.279 e. The Kier molecular flexibility index (Phi) is 7.52. The van der Waals surface area contributed by atoms with E-state index in [4.69, 9.17) is 14.2 Å². The fourth-order valence-corrected chi connectivity index (χ4v) is 4.26. The van der Waals surface area contributed by atoms with Gasteiger partial charge in [0.1, 0.15) is 0 Å². The molecular formula is C23H28N2O4S. The number of hydrogen-bond acceptors (Lipinski definition) is 5. The molecule has 0 fully saturated rings. The molecule has 160 valence electrons. The number of amides is 1. The van der Waals surface area contributed by atoms with Gasteiger partial charge >= 0.3 is 0 Å². The average molecular weight is 429 g/mol. The zero-order valence-corrected chi connectivity index (χ0v) is 18.8. The Morgan fingerprint density at radius 1 is 0.967 bits per heavy atom. The fourth-order valence-electron chi connectivity index (χ4n) is 3.21. The molecule has 0 spiro atoms. The molecule has 0 N–H and O–H groups in total. The lowest BCUT2D eigenvalue weighted by molar-refractivity contribution is 0.0996. The molecule has 1 aromatic heterocycles. The number of carbonyl (C=O) groups excluding carboxylic acids is 1. The van der Waals surface area contributed by atoms with Crippen LogP contribution in [0.2, 0.25) is 0 Å². The van der Waals surface area contributed by atoms with Gasteiger partial charge in [0, 0.05) is 12.1 Å². The highest BCUT2D eigenvalue weighted by atomic mass is 32.1. The number of ether oxygens (including phenoxy) is 3. The van der Waals surface area contributed by atoms with Crippen molar-refractivity contribution in [2.45, 2.75) is 40.7 Å². The first-order valence-corrected chi connectivity index (χ1v) is 11.2. The normalized spacial score (nSPS) is 11.7. The van der Waals surface area contributed by atoms with Gasteiger partial charge in [-0.3, -0.25) is 4.79 Å². The molecule has 0 radical (unpaired) electrons. The van der Waals surface area contributed by atoms with E-state index in [1.165, 1.54) is 11.3 Å². The van der Waals surface area contributed by atoms with Crippen molar-refractivity contribution in [3.05, 3.63) is 46.8 Å². The quantitative estimate of drug-likeness (QED) is 0.478. The molecular weight excluding hydrogens is 400 g/mol. The van der Waals surface area contributed by atoms with Gasteiger partial charge < -0.3 is 18.8 Å². The van der Waals surface area contributed by atoms with Crippen molar-refractivity contribution in [2.75, 3.05) is 19.8 Å². The minimum absolute atomic E-state index is 0.337. The average Bonchev–Trinajstić information content (AvgIpc) is 3.08. The predicted octanol–water partition coefficient (Wildman–Crippen LogP) is 5.05. The third-order valence-electron chi connectivity index (χ3n) is 4.39. The maximum atomic E-state index is 13.1. The van der Waals surface area contributed by atoms with Gasteiger partial charge in [-0.15, -0.1) is 0 Å². The van der Waals surface area contributed by atoms with Crippen LogP contribution >= 0.6 is 11.3 Å². The summed E-state index contributed by atoms with van der Waals surface area (Å²) < 4.78 is 20.4. The number of carbonyl (C=O) groups is 1. The summed E-state index contributed by atoms with van der Waals surface area (Å²) >= 11 is 1.52. The Morgan fingerprint density at radius 2 is 1.60 bits per heavy atom. The SMILES string of the molecule is CCCn1c(=NC(=O)c2cc(OCC)c(OCC)c(OCC)c2)sc2ccccc21. The maximum absolute atomic E-state index is 13.1. The van der Waals surface area contributed by atoms with Crippen molar-refractivity contribution in [1.82, 2.24) is 4.57 Å². The highest BCUT2D eigenvalue weighted by Gasteiger charge is 2.18. The summed E-state index contributed by atoms with van der Waals surface area (Å²) in [6.07, 6.45) is 0.953. The molecule has 2 aromatic carbocycles. The molecule has 0 bridgehead atoms. The van der Waals surface area contributed by atoms with Crippen LogP contribution in [-0.2, 0) is 6.54 Å². The van der Waals surface area contributed by atoms with Gasteiger partial charge in [0.2, 0.25) is 5.75 Å². The van der Waals surface area contributed by atoms with E-state index in [0.717, 1.165) is 23.2 Å². The minimum atomic E-state index is -0.337. The molecule has 0 saturated heterocycles. The molecule has 30 heavy (non-hydrogen) atoms. The highest BCUT2D eigenvalue weighted by Crippen LogP contribution is 2.39. The van der Waals surface area contributed by atoms with Gasteiger partial charge in [0.05, 0.1) is 30.0 Å². The van der Waals surface area contributed by atoms with E-state index in [1.807, 2.05) is 39.0 Å². The molecule has 0 saturated carbocycles. The van der Waals surface area contributed by atoms with Crippen LogP contribution in [0.15, 0.2) is 41.4 Å². The Hall–Kier alpha value is -2.80. The van der Waals surface area contributed by atoms with Crippen LogP contribution in [0.4, 0.5) is 0 Å². The summed E-state index contributed by atoms with van der Waals surface area (Å²) in [5.41, 5.74) is 1.50. The van der Waals surface area contributed by atoms with Crippen molar-refractivity contribution in [3.63, 3.8) is 0 Å². The number of aryl methyl sites for hydroxylation is 1.